The van der Waals surface area contributed by atoms with E-state index in [1.165, 1.54) is 0 Å². The van der Waals surface area contributed by atoms with Gasteiger partial charge in [0, 0.05) is 34.7 Å². The Morgan fingerprint density at radius 3 is 2.37 bits per heavy atom. The van der Waals surface area contributed by atoms with Crippen LogP contribution in [0.1, 0.15) is 17.2 Å². The van der Waals surface area contributed by atoms with Crippen molar-refractivity contribution in [1.82, 2.24) is 9.55 Å². The topological polar surface area (TPSA) is 36.3 Å². The van der Waals surface area contributed by atoms with Crippen LogP contribution in [-0.4, -0.2) is 14.8 Å². The largest absolute Gasteiger partial charge is 0.445 e. The van der Waals surface area contributed by atoms with Crippen LogP contribution in [0, 0.1) is 0 Å². The van der Waals surface area contributed by atoms with Gasteiger partial charge in [0.05, 0.1) is 11.3 Å². The zero-order chi connectivity index (χ0) is 19.4. The quantitative estimate of drug-likeness (QED) is 0.312. The Kier molecular flexibility index (Phi) is 6.84. The first-order valence-corrected chi connectivity index (χ1v) is 9.62. The van der Waals surface area contributed by atoms with E-state index in [1.54, 1.807) is 65.8 Å². The number of benzene rings is 2. The molecule has 0 saturated carbocycles. The maximum atomic E-state index is 6.59. The van der Waals surface area contributed by atoms with Crippen LogP contribution in [0.25, 0.3) is 0 Å². The van der Waals surface area contributed by atoms with E-state index < -0.39 is 11.6 Å². The van der Waals surface area contributed by atoms with Gasteiger partial charge in [0.25, 0.3) is 0 Å². The summed E-state index contributed by atoms with van der Waals surface area (Å²) in [5, 5.41) is 1.26. The summed E-state index contributed by atoms with van der Waals surface area (Å²) >= 11 is 29.8. The minimum Gasteiger partial charge on any atom is -0.445 e. The van der Waals surface area contributed by atoms with Gasteiger partial charge in [-0.1, -0.05) is 58.5 Å². The van der Waals surface area contributed by atoms with Crippen molar-refractivity contribution in [3.63, 3.8) is 0 Å². The molecule has 0 radical (unpaired) electrons. The number of aromatic nitrogens is 2. The third-order valence-electron chi connectivity index (χ3n) is 3.57. The van der Waals surface area contributed by atoms with E-state index in [0.29, 0.717) is 20.8 Å². The van der Waals surface area contributed by atoms with Crippen LogP contribution in [-0.2, 0) is 4.74 Å². The summed E-state index contributed by atoms with van der Waals surface area (Å²) in [6.07, 6.45) is 4.28. The van der Waals surface area contributed by atoms with Gasteiger partial charge in [-0.2, -0.15) is 0 Å². The molecule has 27 heavy (non-hydrogen) atoms. The first-order valence-electron chi connectivity index (χ1n) is 7.64. The lowest BCUT2D eigenvalue weighted by Crippen LogP contribution is -2.21. The van der Waals surface area contributed by atoms with Gasteiger partial charge in [-0.3, -0.25) is 0 Å². The van der Waals surface area contributed by atoms with E-state index in [0.717, 1.165) is 5.56 Å². The van der Waals surface area contributed by atoms with Crippen molar-refractivity contribution in [2.75, 3.05) is 0 Å². The molecule has 0 saturated heterocycles. The van der Waals surface area contributed by atoms with Crippen molar-refractivity contribution in [2.45, 2.75) is 11.6 Å². The fourth-order valence-electron chi connectivity index (χ4n) is 2.28. The summed E-state index contributed by atoms with van der Waals surface area (Å²) < 4.78 is 13.1. The lowest BCUT2D eigenvalue weighted by Gasteiger charge is -2.25. The van der Waals surface area contributed by atoms with Crippen molar-refractivity contribution in [2.24, 2.45) is 0 Å². The molecule has 0 aliphatic carbocycles. The third-order valence-corrected chi connectivity index (χ3v) is 4.98. The van der Waals surface area contributed by atoms with Gasteiger partial charge in [0.2, 0.25) is 0 Å². The van der Waals surface area contributed by atoms with Gasteiger partial charge in [0.1, 0.15) is 0 Å². The first kappa shape index (κ1) is 20.2. The molecule has 2 aromatic carbocycles. The average Bonchev–Trinajstić information content (AvgIpc) is 3.17. The smallest absolute Gasteiger partial charge is 0.358 e. The van der Waals surface area contributed by atoms with Crippen molar-refractivity contribution >= 4 is 63.9 Å². The summed E-state index contributed by atoms with van der Waals surface area (Å²) in [4.78, 5) is 4.01. The number of nitrogens with zero attached hydrogens (tertiary/aromatic N) is 2. The van der Waals surface area contributed by atoms with Gasteiger partial charge >= 0.3 is 5.24 Å². The van der Waals surface area contributed by atoms with Gasteiger partial charge in [-0.15, -0.1) is 0 Å². The van der Waals surface area contributed by atoms with Gasteiger partial charge < -0.3 is 14.0 Å². The molecule has 140 valence electrons. The van der Waals surface area contributed by atoms with Crippen LogP contribution < -0.4 is 4.74 Å². The number of alkyl halides is 1. The molecule has 3 rings (SSSR count). The summed E-state index contributed by atoms with van der Waals surface area (Å²) in [7, 11) is 0. The van der Waals surface area contributed by atoms with Gasteiger partial charge in [-0.25, -0.2) is 4.98 Å². The molecule has 2 atom stereocenters. The zero-order valence-corrected chi connectivity index (χ0v) is 17.4. The Labute approximate surface area is 181 Å². The number of thiocarbonyl (C=S) groups is 1. The van der Waals surface area contributed by atoms with E-state index >= 15 is 0 Å². The van der Waals surface area contributed by atoms with E-state index in [4.69, 9.17) is 68.1 Å². The number of imidazole rings is 1. The monoisotopic (exact) mass is 460 g/mol. The number of ether oxygens (including phenoxy) is 2. The molecular weight excluding hydrogens is 450 g/mol. The van der Waals surface area contributed by atoms with Crippen LogP contribution in [0.2, 0.25) is 15.1 Å². The molecule has 1 heterocycles. The molecule has 0 bridgehead atoms. The van der Waals surface area contributed by atoms with Crippen LogP contribution in [0.15, 0.2) is 61.2 Å². The van der Waals surface area contributed by atoms with Crippen molar-refractivity contribution in [1.29, 1.82) is 0 Å². The molecular formula is C18H12Cl4N2O2S. The molecule has 0 spiro atoms. The molecule has 1 aromatic heterocycles. The van der Waals surface area contributed by atoms with Crippen LogP contribution >= 0.6 is 58.6 Å². The highest BCUT2D eigenvalue weighted by Gasteiger charge is 2.26. The molecule has 2 unspecified atom stereocenters. The summed E-state index contributed by atoms with van der Waals surface area (Å²) in [6, 6.07) is 11.9. The lowest BCUT2D eigenvalue weighted by atomic mass is 10.1. The summed E-state index contributed by atoms with van der Waals surface area (Å²) in [5.74, 6) is 0.328. The lowest BCUT2D eigenvalue weighted by molar-refractivity contribution is 0.133. The molecule has 9 heteroatoms. The SMILES string of the molecule is S=C(Oc1ccc(Cl)cc1Cl)OC(c1ccc(Cl)cc1)C(Cl)n1ccnc1. The maximum absolute atomic E-state index is 6.59. The highest BCUT2D eigenvalue weighted by Crippen LogP contribution is 2.35. The molecule has 0 fully saturated rings. The van der Waals surface area contributed by atoms with Gasteiger partial charge in [-0.05, 0) is 35.9 Å². The zero-order valence-electron chi connectivity index (χ0n) is 13.6. The summed E-state index contributed by atoms with van der Waals surface area (Å²) in [5.41, 5.74) is 0.136. The molecule has 3 aromatic rings. The Bertz CT molecular complexity index is 920. The highest BCUT2D eigenvalue weighted by atomic mass is 35.5. The minimum atomic E-state index is -0.656. The van der Waals surface area contributed by atoms with Crippen molar-refractivity contribution < 1.29 is 9.47 Å². The molecule has 4 nitrogen and oxygen atoms in total. The summed E-state index contributed by atoms with van der Waals surface area (Å²) in [6.45, 7) is 0. The number of hydrogen-bond donors (Lipinski definition) is 0. The average molecular weight is 462 g/mol. The number of halogens is 4. The van der Waals surface area contributed by atoms with E-state index in [9.17, 15) is 0 Å². The molecule has 0 N–H and O–H groups in total. The Morgan fingerprint density at radius 1 is 1.04 bits per heavy atom. The minimum absolute atomic E-state index is 0.134. The molecule has 0 aliphatic heterocycles. The van der Waals surface area contributed by atoms with Crippen molar-refractivity contribution in [3.05, 3.63) is 81.8 Å². The van der Waals surface area contributed by atoms with E-state index in [1.807, 2.05) is 0 Å². The number of hydrogen-bond acceptors (Lipinski definition) is 4. The second-order valence-corrected chi connectivity index (χ2v) is 7.46. The standard InChI is InChI=1S/C18H12Cl4N2O2S/c19-12-3-1-11(2-4-12)16(17(22)24-8-7-23-10-24)26-18(27)25-15-6-5-13(20)9-14(15)21/h1-10,16-17H. The third kappa shape index (κ3) is 5.27. The maximum Gasteiger partial charge on any atom is 0.358 e. The van der Waals surface area contributed by atoms with E-state index in [2.05, 4.69) is 4.98 Å². The fourth-order valence-corrected chi connectivity index (χ4v) is 3.36. The molecule has 0 amide bonds. The van der Waals surface area contributed by atoms with Gasteiger partial charge in [0.15, 0.2) is 17.4 Å². The second kappa shape index (κ2) is 9.13. The molecule has 0 aliphatic rings. The second-order valence-electron chi connectivity index (χ2n) is 5.40. The van der Waals surface area contributed by atoms with Crippen LogP contribution in [0.4, 0.5) is 0 Å². The predicted molar refractivity (Wildman–Crippen MR) is 112 cm³/mol. The van der Waals surface area contributed by atoms with Crippen LogP contribution in [0.5, 0.6) is 5.75 Å². The van der Waals surface area contributed by atoms with Crippen molar-refractivity contribution in [3.8, 4) is 5.75 Å². The fraction of sp³-hybridized carbons (Fsp3) is 0.111. The first-order chi connectivity index (χ1) is 12.9. The highest BCUT2D eigenvalue weighted by molar-refractivity contribution is 7.79. The normalized spacial score (nSPS) is 13.0. The predicted octanol–water partition coefficient (Wildman–Crippen LogP) is 6.70. The Hall–Kier alpha value is -1.50. The van der Waals surface area contributed by atoms with Crippen LogP contribution in [0.3, 0.4) is 0 Å². The number of rotatable bonds is 5. The Balaban J connectivity index is 1.82. The van der Waals surface area contributed by atoms with E-state index in [-0.39, 0.29) is 5.24 Å². The Morgan fingerprint density at radius 2 is 1.74 bits per heavy atom.